The van der Waals surface area contributed by atoms with E-state index in [1.165, 1.54) is 0 Å². The molecule has 1 aliphatic heterocycles. The number of halogens is 1. The molecule has 3 N–H and O–H groups in total. The Hall–Kier alpha value is -3.16. The lowest BCUT2D eigenvalue weighted by Crippen LogP contribution is -2.26. The van der Waals surface area contributed by atoms with Crippen molar-refractivity contribution in [3.05, 3.63) is 97.1 Å². The minimum absolute atomic E-state index is 0.228. The van der Waals surface area contributed by atoms with Gasteiger partial charge >= 0.3 is 0 Å². The van der Waals surface area contributed by atoms with Gasteiger partial charge < -0.3 is 10.3 Å². The van der Waals surface area contributed by atoms with Gasteiger partial charge in [-0.25, -0.2) is 4.68 Å². The molecule has 0 saturated carbocycles. The summed E-state index contributed by atoms with van der Waals surface area (Å²) in [7, 11) is 0. The summed E-state index contributed by atoms with van der Waals surface area (Å²) in [6.07, 6.45) is 0. The quantitative estimate of drug-likeness (QED) is 0.357. The lowest BCUT2D eigenvalue weighted by atomic mass is 9.83. The molecule has 144 valence electrons. The fourth-order valence-electron chi connectivity index (χ4n) is 3.88. The van der Waals surface area contributed by atoms with Crippen molar-refractivity contribution in [2.75, 3.05) is 5.32 Å². The fraction of sp³-hybridized carbons (Fsp3) is 0.0952. The number of nitrogens with one attached hydrogen (secondary N) is 3. The minimum atomic E-state index is -0.313. The summed E-state index contributed by atoms with van der Waals surface area (Å²) >= 11 is 11.3. The molecule has 0 radical (unpaired) electrons. The zero-order chi connectivity index (χ0) is 20.1. The molecule has 5 rings (SSSR count). The standard InChI is InChI=1S/C21H16ClN5OS/c1-11-15-16(12-7-9-13(22)10-8-12)17-18(24-21(29)25-20(17)28)23-19(15)27(26-11)14-5-3-2-4-6-14/h2-10,16H,1H3,(H3,23,24,25,28,29). The lowest BCUT2D eigenvalue weighted by molar-refractivity contribution is 0.863. The van der Waals surface area contributed by atoms with E-state index in [1.54, 1.807) is 0 Å². The molecule has 2 aromatic heterocycles. The molecule has 4 aromatic rings. The van der Waals surface area contributed by atoms with Crippen molar-refractivity contribution in [2.45, 2.75) is 12.8 Å². The van der Waals surface area contributed by atoms with Crippen LogP contribution in [0.2, 0.25) is 5.02 Å². The van der Waals surface area contributed by atoms with Crippen LogP contribution in [-0.2, 0) is 0 Å². The Morgan fingerprint density at radius 2 is 1.76 bits per heavy atom. The first-order chi connectivity index (χ1) is 14.0. The number of benzene rings is 2. The van der Waals surface area contributed by atoms with E-state index in [9.17, 15) is 4.79 Å². The third kappa shape index (κ3) is 2.90. The number of nitrogens with zero attached hydrogens (tertiary/aromatic N) is 2. The van der Waals surface area contributed by atoms with Crippen LogP contribution in [0.5, 0.6) is 0 Å². The molecule has 29 heavy (non-hydrogen) atoms. The number of hydrogen-bond acceptors (Lipinski definition) is 4. The number of aromatic nitrogens is 4. The van der Waals surface area contributed by atoms with Crippen LogP contribution in [0.25, 0.3) is 5.69 Å². The summed E-state index contributed by atoms with van der Waals surface area (Å²) in [5.74, 6) is 1.06. The second-order valence-corrected chi connectivity index (χ2v) is 7.75. The Bertz CT molecular complexity index is 1340. The molecule has 1 unspecified atom stereocenters. The molecule has 6 nitrogen and oxygen atoms in total. The van der Waals surface area contributed by atoms with Gasteiger partial charge in [0.2, 0.25) is 0 Å². The molecule has 0 fully saturated rings. The molecule has 2 aromatic carbocycles. The highest BCUT2D eigenvalue weighted by Crippen LogP contribution is 2.44. The lowest BCUT2D eigenvalue weighted by Gasteiger charge is -2.27. The third-order valence-corrected chi connectivity index (χ3v) is 5.57. The van der Waals surface area contributed by atoms with Crippen LogP contribution < -0.4 is 10.9 Å². The Kier molecular flexibility index (Phi) is 4.15. The predicted molar refractivity (Wildman–Crippen MR) is 116 cm³/mol. The number of fused-ring (bicyclic) bond motifs is 2. The highest BCUT2D eigenvalue weighted by molar-refractivity contribution is 7.71. The van der Waals surface area contributed by atoms with Crippen molar-refractivity contribution in [3.63, 3.8) is 0 Å². The van der Waals surface area contributed by atoms with Gasteiger partial charge in [0.1, 0.15) is 11.6 Å². The first-order valence-electron chi connectivity index (χ1n) is 9.07. The normalized spacial score (nSPS) is 14.8. The number of rotatable bonds is 2. The maximum Gasteiger partial charge on any atom is 0.257 e. The van der Waals surface area contributed by atoms with E-state index in [0.29, 0.717) is 16.4 Å². The Labute approximate surface area is 176 Å². The molecule has 0 aliphatic carbocycles. The van der Waals surface area contributed by atoms with Gasteiger partial charge in [-0.1, -0.05) is 41.9 Å². The van der Waals surface area contributed by atoms with Crippen LogP contribution in [0, 0.1) is 11.7 Å². The van der Waals surface area contributed by atoms with Gasteiger partial charge in [0.05, 0.1) is 16.9 Å². The van der Waals surface area contributed by atoms with Gasteiger partial charge in [-0.05, 0) is 49.0 Å². The monoisotopic (exact) mass is 421 g/mol. The van der Waals surface area contributed by atoms with Crippen molar-refractivity contribution >= 4 is 35.5 Å². The average molecular weight is 422 g/mol. The average Bonchev–Trinajstić information content (AvgIpc) is 3.04. The fourth-order valence-corrected chi connectivity index (χ4v) is 4.20. The van der Waals surface area contributed by atoms with E-state index in [2.05, 4.69) is 15.3 Å². The first-order valence-corrected chi connectivity index (χ1v) is 9.85. The molecular formula is C21H16ClN5OS. The highest BCUT2D eigenvalue weighted by atomic mass is 35.5. The van der Waals surface area contributed by atoms with Crippen LogP contribution in [0.3, 0.4) is 0 Å². The zero-order valence-electron chi connectivity index (χ0n) is 15.4. The van der Waals surface area contributed by atoms with Gasteiger partial charge in [0.15, 0.2) is 4.77 Å². The minimum Gasteiger partial charge on any atom is -0.326 e. The number of H-pyrrole nitrogens is 2. The molecule has 0 spiro atoms. The van der Waals surface area contributed by atoms with Crippen molar-refractivity contribution < 1.29 is 0 Å². The highest BCUT2D eigenvalue weighted by Gasteiger charge is 2.35. The van der Waals surface area contributed by atoms with Gasteiger partial charge in [-0.3, -0.25) is 9.78 Å². The predicted octanol–water partition coefficient (Wildman–Crippen LogP) is 4.82. The zero-order valence-corrected chi connectivity index (χ0v) is 16.9. The van der Waals surface area contributed by atoms with E-state index in [4.69, 9.17) is 28.9 Å². The van der Waals surface area contributed by atoms with Gasteiger partial charge in [-0.15, -0.1) is 0 Å². The van der Waals surface area contributed by atoms with E-state index in [-0.39, 0.29) is 16.2 Å². The van der Waals surface area contributed by atoms with E-state index in [0.717, 1.165) is 28.3 Å². The maximum atomic E-state index is 12.9. The topological polar surface area (TPSA) is 78.5 Å². The summed E-state index contributed by atoms with van der Waals surface area (Å²) in [6, 6.07) is 17.4. The molecule has 1 atom stereocenters. The van der Waals surface area contributed by atoms with Gasteiger partial charge in [0, 0.05) is 16.5 Å². The SMILES string of the molecule is Cc1nn(-c2ccccc2)c2c1C(c1ccc(Cl)cc1)c1c([nH]c(=S)[nH]c1=O)N2. The number of para-hydroxylation sites is 1. The van der Waals surface area contributed by atoms with Crippen molar-refractivity contribution in [2.24, 2.45) is 0 Å². The Balaban J connectivity index is 1.82. The van der Waals surface area contributed by atoms with Gasteiger partial charge in [0.25, 0.3) is 5.56 Å². The molecule has 3 heterocycles. The van der Waals surface area contributed by atoms with Crippen molar-refractivity contribution in [3.8, 4) is 5.69 Å². The molecule has 8 heteroatoms. The van der Waals surface area contributed by atoms with Crippen LogP contribution in [0.4, 0.5) is 11.6 Å². The molecule has 0 saturated heterocycles. The first kappa shape index (κ1) is 17.9. The molecular weight excluding hydrogens is 406 g/mol. The summed E-state index contributed by atoms with van der Waals surface area (Å²) in [6.45, 7) is 1.95. The largest absolute Gasteiger partial charge is 0.326 e. The van der Waals surface area contributed by atoms with Crippen LogP contribution in [-0.4, -0.2) is 19.7 Å². The smallest absolute Gasteiger partial charge is 0.257 e. The number of hydrogen-bond donors (Lipinski definition) is 3. The van der Waals surface area contributed by atoms with Crippen molar-refractivity contribution in [1.82, 2.24) is 19.7 Å². The summed E-state index contributed by atoms with van der Waals surface area (Å²) in [5.41, 5.74) is 4.00. The molecule has 0 bridgehead atoms. The van der Waals surface area contributed by atoms with Crippen molar-refractivity contribution in [1.29, 1.82) is 0 Å². The van der Waals surface area contributed by atoms with Crippen LogP contribution in [0.15, 0.2) is 59.4 Å². The Morgan fingerprint density at radius 3 is 2.48 bits per heavy atom. The summed E-state index contributed by atoms with van der Waals surface area (Å²) < 4.78 is 2.12. The number of anilines is 2. The van der Waals surface area contributed by atoms with E-state index < -0.39 is 0 Å². The number of aryl methyl sites for hydroxylation is 1. The molecule has 1 aliphatic rings. The second kappa shape index (κ2) is 6.72. The summed E-state index contributed by atoms with van der Waals surface area (Å²) in [4.78, 5) is 18.7. The third-order valence-electron chi connectivity index (χ3n) is 5.11. The Morgan fingerprint density at radius 1 is 1.03 bits per heavy atom. The van der Waals surface area contributed by atoms with Crippen LogP contribution >= 0.6 is 23.8 Å². The van der Waals surface area contributed by atoms with Crippen LogP contribution in [0.1, 0.15) is 28.3 Å². The van der Waals surface area contributed by atoms with E-state index in [1.807, 2.05) is 66.2 Å². The van der Waals surface area contributed by atoms with E-state index >= 15 is 0 Å². The van der Waals surface area contributed by atoms with Gasteiger partial charge in [-0.2, -0.15) is 5.10 Å². The molecule has 0 amide bonds. The number of aromatic amines is 2. The maximum absolute atomic E-state index is 12.9. The summed E-state index contributed by atoms with van der Waals surface area (Å²) in [5, 5.41) is 8.76. The second-order valence-electron chi connectivity index (χ2n) is 6.90.